The molecule has 216 valence electrons. The first kappa shape index (κ1) is 28.5. The number of benzene rings is 1. The van der Waals surface area contributed by atoms with Gasteiger partial charge in [-0.15, -0.1) is 11.3 Å². The van der Waals surface area contributed by atoms with E-state index >= 15 is 0 Å². The van der Waals surface area contributed by atoms with Crippen LogP contribution in [0.5, 0.6) is 0 Å². The number of aryl methyl sites for hydroxylation is 1. The van der Waals surface area contributed by atoms with Crippen molar-refractivity contribution in [2.45, 2.75) is 57.0 Å². The Hall–Kier alpha value is -4.04. The number of carbonyl (C=O) groups excluding carboxylic acids is 2. The average molecular weight is 598 g/mol. The van der Waals surface area contributed by atoms with Crippen molar-refractivity contribution in [2.24, 2.45) is 0 Å². The van der Waals surface area contributed by atoms with Crippen LogP contribution in [0.15, 0.2) is 53.0 Å². The lowest BCUT2D eigenvalue weighted by molar-refractivity contribution is 0.0700. The summed E-state index contributed by atoms with van der Waals surface area (Å²) >= 11 is 1.51. The van der Waals surface area contributed by atoms with E-state index in [1.54, 1.807) is 33.8 Å². The lowest BCUT2D eigenvalue weighted by atomic mass is 10.0. The lowest BCUT2D eigenvalue weighted by Gasteiger charge is -2.32. The third-order valence-electron chi connectivity index (χ3n) is 6.92. The standard InChI is InChI=1S/C27H31N7O5S2/c1-4-18(3)29-23-15-22(31-24(32-23)21-16-28-34-13-14-40-26(21)34)25(35)33-11-9-19(10-12-33)30-27(36)39-41(37,38)20-7-5-17(2)6-8-20/h5-8,13-16,18-19H,4,9-12H2,1-3H3,(H,30,36)(H,29,31,32)/t18-/m0/s1. The highest BCUT2D eigenvalue weighted by atomic mass is 32.2. The number of likely N-dealkylation sites (tertiary alicyclic amines) is 1. The van der Waals surface area contributed by atoms with E-state index in [1.807, 2.05) is 25.4 Å². The van der Waals surface area contributed by atoms with E-state index in [-0.39, 0.29) is 28.6 Å². The first-order chi connectivity index (χ1) is 19.6. The summed E-state index contributed by atoms with van der Waals surface area (Å²) in [5, 5.41) is 12.2. The molecule has 0 radical (unpaired) electrons. The Morgan fingerprint density at radius 1 is 1.17 bits per heavy atom. The van der Waals surface area contributed by atoms with Crippen molar-refractivity contribution in [3.8, 4) is 11.4 Å². The highest BCUT2D eigenvalue weighted by molar-refractivity contribution is 7.87. The van der Waals surface area contributed by atoms with Gasteiger partial charge in [-0.1, -0.05) is 24.6 Å². The quantitative estimate of drug-likeness (QED) is 0.287. The molecule has 4 aromatic rings. The minimum atomic E-state index is -4.24. The van der Waals surface area contributed by atoms with E-state index in [2.05, 4.69) is 32.6 Å². The summed E-state index contributed by atoms with van der Waals surface area (Å²) < 4.78 is 31.3. The minimum Gasteiger partial charge on any atom is -0.367 e. The molecule has 0 unspecified atom stereocenters. The van der Waals surface area contributed by atoms with Crippen LogP contribution in [0, 0.1) is 6.92 Å². The lowest BCUT2D eigenvalue weighted by Crippen LogP contribution is -2.47. The highest BCUT2D eigenvalue weighted by Crippen LogP contribution is 2.27. The molecule has 0 aliphatic carbocycles. The molecular formula is C27H31N7O5S2. The van der Waals surface area contributed by atoms with E-state index in [0.717, 1.165) is 22.4 Å². The Morgan fingerprint density at radius 2 is 1.90 bits per heavy atom. The molecule has 1 aliphatic heterocycles. The van der Waals surface area contributed by atoms with Crippen LogP contribution in [0.1, 0.15) is 49.2 Å². The Balaban J connectivity index is 1.25. The van der Waals surface area contributed by atoms with Crippen LogP contribution in [0.25, 0.3) is 16.2 Å². The van der Waals surface area contributed by atoms with Gasteiger partial charge in [0, 0.05) is 42.8 Å². The molecule has 3 aromatic heterocycles. The van der Waals surface area contributed by atoms with Gasteiger partial charge in [0.05, 0.1) is 11.8 Å². The molecule has 1 fully saturated rings. The molecule has 2 N–H and O–H groups in total. The Bertz CT molecular complexity index is 1660. The van der Waals surface area contributed by atoms with Crippen LogP contribution >= 0.6 is 11.3 Å². The second-order valence-electron chi connectivity index (χ2n) is 9.98. The molecule has 1 aromatic carbocycles. The molecule has 0 saturated carbocycles. The van der Waals surface area contributed by atoms with E-state index in [1.165, 1.54) is 23.5 Å². The molecule has 0 bridgehead atoms. The fourth-order valence-corrected chi connectivity index (χ4v) is 6.02. The van der Waals surface area contributed by atoms with Crippen LogP contribution in [0.3, 0.4) is 0 Å². The van der Waals surface area contributed by atoms with Crippen molar-refractivity contribution in [3.63, 3.8) is 0 Å². The number of thiazole rings is 1. The van der Waals surface area contributed by atoms with E-state index < -0.39 is 16.2 Å². The number of hydrogen-bond donors (Lipinski definition) is 2. The summed E-state index contributed by atoms with van der Waals surface area (Å²) in [5.41, 5.74) is 1.88. The number of nitrogens with one attached hydrogen (secondary N) is 2. The zero-order chi connectivity index (χ0) is 29.1. The topological polar surface area (TPSA) is 148 Å². The first-order valence-corrected chi connectivity index (χ1v) is 15.6. The maximum absolute atomic E-state index is 13.5. The molecule has 1 aliphatic rings. The molecule has 41 heavy (non-hydrogen) atoms. The van der Waals surface area contributed by atoms with E-state index in [0.29, 0.717) is 37.6 Å². The smallest absolute Gasteiger partial charge is 0.367 e. The fourth-order valence-electron chi connectivity index (χ4n) is 4.42. The Morgan fingerprint density at radius 3 is 2.61 bits per heavy atom. The number of hydrogen-bond acceptors (Lipinski definition) is 10. The largest absolute Gasteiger partial charge is 0.423 e. The van der Waals surface area contributed by atoms with Crippen molar-refractivity contribution in [1.82, 2.24) is 29.8 Å². The summed E-state index contributed by atoms with van der Waals surface area (Å²) in [6, 6.07) is 7.49. The van der Waals surface area contributed by atoms with Crippen LogP contribution < -0.4 is 10.6 Å². The van der Waals surface area contributed by atoms with Crippen molar-refractivity contribution < 1.29 is 22.2 Å². The molecular weight excluding hydrogens is 566 g/mol. The van der Waals surface area contributed by atoms with E-state index in [4.69, 9.17) is 4.18 Å². The summed E-state index contributed by atoms with van der Waals surface area (Å²) in [6.07, 6.45) is 4.24. The molecule has 2 amide bonds. The summed E-state index contributed by atoms with van der Waals surface area (Å²) in [5.74, 6) is 0.712. The van der Waals surface area contributed by atoms with Crippen LogP contribution in [-0.4, -0.2) is 70.1 Å². The molecule has 0 spiro atoms. The molecule has 14 heteroatoms. The number of anilines is 1. The number of aromatic nitrogens is 4. The number of nitrogens with zero attached hydrogens (tertiary/aromatic N) is 5. The third kappa shape index (κ3) is 6.49. The van der Waals surface area contributed by atoms with Crippen LogP contribution in [0.4, 0.5) is 10.6 Å². The number of rotatable bonds is 8. The molecule has 1 saturated heterocycles. The van der Waals surface area contributed by atoms with Gasteiger partial charge in [-0.05, 0) is 45.2 Å². The first-order valence-electron chi connectivity index (χ1n) is 13.3. The van der Waals surface area contributed by atoms with Gasteiger partial charge < -0.3 is 19.7 Å². The van der Waals surface area contributed by atoms with Crippen molar-refractivity contribution in [2.75, 3.05) is 18.4 Å². The fraction of sp³-hybridized carbons (Fsp3) is 0.370. The average Bonchev–Trinajstić information content (AvgIpc) is 3.57. The molecule has 5 rings (SSSR count). The number of amides is 2. The van der Waals surface area contributed by atoms with Gasteiger partial charge >= 0.3 is 16.2 Å². The SMILES string of the molecule is CC[C@H](C)Nc1cc(C(=O)N2CCC(NC(=O)OS(=O)(=O)c3ccc(C)cc3)CC2)nc(-c2cnn3ccsc23)n1. The zero-order valence-corrected chi connectivity index (χ0v) is 24.5. The summed E-state index contributed by atoms with van der Waals surface area (Å²) in [6.45, 7) is 6.63. The second kappa shape index (κ2) is 11.8. The van der Waals surface area contributed by atoms with Gasteiger partial charge in [0.15, 0.2) is 5.82 Å². The number of piperidine rings is 1. The Labute approximate surface area is 241 Å². The Kier molecular flexibility index (Phi) is 8.22. The number of fused-ring (bicyclic) bond motifs is 1. The number of carbonyl (C=O) groups is 2. The molecule has 1 atom stereocenters. The molecule has 12 nitrogen and oxygen atoms in total. The van der Waals surface area contributed by atoms with Crippen molar-refractivity contribution in [1.29, 1.82) is 0 Å². The maximum atomic E-state index is 13.5. The highest BCUT2D eigenvalue weighted by Gasteiger charge is 2.28. The van der Waals surface area contributed by atoms with Gasteiger partial charge in [0.25, 0.3) is 5.91 Å². The van der Waals surface area contributed by atoms with Gasteiger partial charge in [-0.2, -0.15) is 13.5 Å². The van der Waals surface area contributed by atoms with Crippen molar-refractivity contribution >= 4 is 44.1 Å². The maximum Gasteiger partial charge on any atom is 0.423 e. The van der Waals surface area contributed by atoms with Gasteiger partial charge in [0.1, 0.15) is 21.2 Å². The normalized spacial score (nSPS) is 15.0. The van der Waals surface area contributed by atoms with E-state index in [9.17, 15) is 18.0 Å². The third-order valence-corrected chi connectivity index (χ3v) is 9.03. The van der Waals surface area contributed by atoms with Crippen LogP contribution in [-0.2, 0) is 14.3 Å². The minimum absolute atomic E-state index is 0.0963. The monoisotopic (exact) mass is 597 g/mol. The van der Waals surface area contributed by atoms with Gasteiger partial charge in [0.2, 0.25) is 0 Å². The van der Waals surface area contributed by atoms with Crippen LogP contribution in [0.2, 0.25) is 0 Å². The van der Waals surface area contributed by atoms with Crippen molar-refractivity contribution in [3.05, 3.63) is 59.4 Å². The molecule has 4 heterocycles. The summed E-state index contributed by atoms with van der Waals surface area (Å²) in [7, 11) is -4.24. The summed E-state index contributed by atoms with van der Waals surface area (Å²) in [4.78, 5) is 37.6. The van der Waals surface area contributed by atoms with Gasteiger partial charge in [-0.3, -0.25) is 4.79 Å². The zero-order valence-electron chi connectivity index (χ0n) is 22.9. The predicted octanol–water partition coefficient (Wildman–Crippen LogP) is 4.09. The predicted molar refractivity (Wildman–Crippen MR) is 154 cm³/mol. The van der Waals surface area contributed by atoms with Gasteiger partial charge in [-0.25, -0.2) is 19.3 Å². The second-order valence-corrected chi connectivity index (χ2v) is 12.4.